The van der Waals surface area contributed by atoms with E-state index in [0.717, 1.165) is 23.8 Å². The number of benzene rings is 1. The summed E-state index contributed by atoms with van der Waals surface area (Å²) in [5.41, 5.74) is 6.18. The van der Waals surface area contributed by atoms with Crippen LogP contribution in [-0.4, -0.2) is 39.5 Å². The molecule has 1 saturated heterocycles. The third-order valence-corrected chi connectivity index (χ3v) is 6.34. The molecule has 32 heavy (non-hydrogen) atoms. The molecule has 0 spiro atoms. The van der Waals surface area contributed by atoms with Crippen molar-refractivity contribution in [2.24, 2.45) is 11.7 Å². The fourth-order valence-electron chi connectivity index (χ4n) is 4.51. The molecular formula is C22H27N5O5. The highest BCUT2D eigenvalue weighted by Gasteiger charge is 2.30. The van der Waals surface area contributed by atoms with E-state index in [2.05, 4.69) is 16.0 Å². The van der Waals surface area contributed by atoms with Crippen molar-refractivity contribution in [1.82, 2.24) is 20.5 Å². The van der Waals surface area contributed by atoms with Crippen LogP contribution >= 0.6 is 0 Å². The highest BCUT2D eigenvalue weighted by Crippen LogP contribution is 2.33. The average molecular weight is 441 g/mol. The summed E-state index contributed by atoms with van der Waals surface area (Å²) in [6.07, 6.45) is 5.05. The predicted octanol–water partition coefficient (Wildman–Crippen LogP) is 1.17. The number of nitrogens with one attached hydrogen (secondary N) is 3. The third kappa shape index (κ3) is 4.53. The van der Waals surface area contributed by atoms with E-state index in [4.69, 9.17) is 5.73 Å². The molecule has 1 aliphatic heterocycles. The number of aromatic hydroxyl groups is 1. The molecule has 1 atom stereocenters. The van der Waals surface area contributed by atoms with Gasteiger partial charge in [-0.05, 0) is 49.8 Å². The van der Waals surface area contributed by atoms with Crippen molar-refractivity contribution in [3.63, 3.8) is 0 Å². The Kier molecular flexibility index (Phi) is 6.02. The first kappa shape index (κ1) is 21.7. The van der Waals surface area contributed by atoms with Gasteiger partial charge in [-0.15, -0.1) is 0 Å². The fraction of sp³-hybridized carbons (Fsp3) is 0.455. The third-order valence-electron chi connectivity index (χ3n) is 6.34. The second kappa shape index (κ2) is 8.89. The van der Waals surface area contributed by atoms with Crippen LogP contribution in [0.3, 0.4) is 0 Å². The molecule has 2 heterocycles. The average Bonchev–Trinajstić information content (AvgIpc) is 3.08. The molecule has 1 saturated carbocycles. The van der Waals surface area contributed by atoms with Crippen molar-refractivity contribution in [2.45, 2.75) is 57.2 Å². The van der Waals surface area contributed by atoms with E-state index in [1.807, 2.05) is 6.07 Å². The summed E-state index contributed by atoms with van der Waals surface area (Å²) in [6, 6.07) is 4.49. The van der Waals surface area contributed by atoms with Crippen molar-refractivity contribution >= 4 is 34.5 Å². The monoisotopic (exact) mass is 441 g/mol. The quantitative estimate of drug-likeness (QED) is 0.440. The molecule has 0 bridgehead atoms. The summed E-state index contributed by atoms with van der Waals surface area (Å²) in [6.45, 7) is 0.294. The van der Waals surface area contributed by atoms with Gasteiger partial charge in [-0.1, -0.05) is 6.07 Å². The molecule has 2 fully saturated rings. The summed E-state index contributed by atoms with van der Waals surface area (Å²) in [5.74, 6) is -1.15. The molecular weight excluding hydrogens is 414 g/mol. The fourth-order valence-corrected chi connectivity index (χ4v) is 4.51. The Bertz CT molecular complexity index is 1070. The number of carbonyl (C=O) groups excluding carboxylic acids is 4. The molecule has 2 aliphatic rings. The van der Waals surface area contributed by atoms with Gasteiger partial charge in [-0.3, -0.25) is 19.7 Å². The lowest BCUT2D eigenvalue weighted by molar-refractivity contribution is -0.135. The van der Waals surface area contributed by atoms with Gasteiger partial charge in [0.1, 0.15) is 6.04 Å². The van der Waals surface area contributed by atoms with Crippen LogP contribution in [0.5, 0.6) is 5.88 Å². The van der Waals surface area contributed by atoms with E-state index < -0.39 is 11.9 Å². The number of hydrogen-bond acceptors (Lipinski definition) is 5. The zero-order valence-corrected chi connectivity index (χ0v) is 17.6. The van der Waals surface area contributed by atoms with Crippen LogP contribution in [0.1, 0.15) is 50.1 Å². The second-order valence-corrected chi connectivity index (χ2v) is 8.53. The topological polar surface area (TPSA) is 156 Å². The van der Waals surface area contributed by atoms with Gasteiger partial charge in [0.15, 0.2) is 5.88 Å². The molecule has 5 amide bonds. The minimum Gasteiger partial charge on any atom is -0.494 e. The molecule has 10 nitrogen and oxygen atoms in total. The van der Waals surface area contributed by atoms with Crippen LogP contribution in [0, 0.1) is 5.92 Å². The highest BCUT2D eigenvalue weighted by atomic mass is 16.3. The normalized spacial score (nSPS) is 23.6. The van der Waals surface area contributed by atoms with E-state index in [0.29, 0.717) is 31.2 Å². The van der Waals surface area contributed by atoms with Crippen LogP contribution in [-0.2, 0) is 20.9 Å². The van der Waals surface area contributed by atoms with Crippen molar-refractivity contribution in [2.75, 3.05) is 0 Å². The van der Waals surface area contributed by atoms with E-state index in [9.17, 15) is 24.3 Å². The SMILES string of the molecule is NC(=O)C1CCC(NC(=O)NCc2ccc3c(O)n(C4CCC(=O)NC4=O)cc3c2)CC1. The van der Waals surface area contributed by atoms with Crippen LogP contribution in [0.25, 0.3) is 10.8 Å². The molecule has 0 radical (unpaired) electrons. The number of hydrogen-bond donors (Lipinski definition) is 5. The maximum absolute atomic E-state index is 12.3. The lowest BCUT2D eigenvalue weighted by Crippen LogP contribution is -2.44. The molecule has 1 aromatic heterocycles. The van der Waals surface area contributed by atoms with Gasteiger partial charge in [0.05, 0.1) is 0 Å². The van der Waals surface area contributed by atoms with Crippen molar-refractivity contribution in [3.05, 3.63) is 30.0 Å². The largest absolute Gasteiger partial charge is 0.494 e. The van der Waals surface area contributed by atoms with Gasteiger partial charge >= 0.3 is 6.03 Å². The molecule has 170 valence electrons. The number of carbonyl (C=O) groups is 4. The Morgan fingerprint density at radius 1 is 1.16 bits per heavy atom. The Morgan fingerprint density at radius 3 is 2.59 bits per heavy atom. The number of urea groups is 1. The first-order chi connectivity index (χ1) is 15.3. The van der Waals surface area contributed by atoms with Gasteiger partial charge in [0.2, 0.25) is 17.7 Å². The van der Waals surface area contributed by atoms with E-state index in [-0.39, 0.29) is 42.1 Å². The Morgan fingerprint density at radius 2 is 1.91 bits per heavy atom. The number of nitrogens with zero attached hydrogens (tertiary/aromatic N) is 1. The van der Waals surface area contributed by atoms with Crippen LogP contribution in [0.4, 0.5) is 4.79 Å². The van der Waals surface area contributed by atoms with E-state index >= 15 is 0 Å². The molecule has 2 aromatic rings. The first-order valence-electron chi connectivity index (χ1n) is 10.8. The van der Waals surface area contributed by atoms with E-state index in [1.54, 1.807) is 18.3 Å². The molecule has 4 rings (SSSR count). The predicted molar refractivity (Wildman–Crippen MR) is 115 cm³/mol. The number of piperidine rings is 1. The minimum atomic E-state index is -0.642. The lowest BCUT2D eigenvalue weighted by atomic mass is 9.86. The van der Waals surface area contributed by atoms with Gasteiger partial charge in [0, 0.05) is 41.9 Å². The summed E-state index contributed by atoms with van der Waals surface area (Å²) in [4.78, 5) is 47.0. The van der Waals surface area contributed by atoms with Gasteiger partial charge in [-0.25, -0.2) is 4.79 Å². The number of nitrogens with two attached hydrogens (primary N) is 1. The zero-order chi connectivity index (χ0) is 22.8. The summed E-state index contributed by atoms with van der Waals surface area (Å²) < 4.78 is 1.48. The van der Waals surface area contributed by atoms with Crippen LogP contribution in [0.2, 0.25) is 0 Å². The zero-order valence-electron chi connectivity index (χ0n) is 17.6. The Labute approximate surface area is 184 Å². The van der Waals surface area contributed by atoms with Crippen molar-refractivity contribution in [3.8, 4) is 5.88 Å². The Hall–Kier alpha value is -3.56. The highest BCUT2D eigenvalue weighted by molar-refractivity contribution is 6.00. The summed E-state index contributed by atoms with van der Waals surface area (Å²) in [5, 5.41) is 19.9. The number of primary amides is 1. The Balaban J connectivity index is 1.36. The number of imide groups is 1. The molecule has 6 N–H and O–H groups in total. The first-order valence-corrected chi connectivity index (χ1v) is 10.8. The second-order valence-electron chi connectivity index (χ2n) is 8.53. The van der Waals surface area contributed by atoms with Gasteiger partial charge in [-0.2, -0.15) is 0 Å². The maximum Gasteiger partial charge on any atom is 0.315 e. The van der Waals surface area contributed by atoms with Crippen LogP contribution in [0.15, 0.2) is 24.4 Å². The van der Waals surface area contributed by atoms with Gasteiger partial charge in [0.25, 0.3) is 0 Å². The molecule has 10 heteroatoms. The number of aromatic nitrogens is 1. The maximum atomic E-state index is 12.3. The summed E-state index contributed by atoms with van der Waals surface area (Å²) in [7, 11) is 0. The van der Waals surface area contributed by atoms with Crippen molar-refractivity contribution < 1.29 is 24.3 Å². The lowest BCUT2D eigenvalue weighted by Gasteiger charge is -2.27. The summed E-state index contributed by atoms with van der Waals surface area (Å²) >= 11 is 0. The molecule has 1 aromatic carbocycles. The molecule has 1 unspecified atom stereocenters. The molecule has 1 aliphatic carbocycles. The number of fused-ring (bicyclic) bond motifs is 1. The standard InChI is InChI=1S/C22H27N5O5/c23-19(29)13-2-4-15(5-3-13)25-22(32)24-10-12-1-6-16-14(9-12)11-27(21(16)31)17-7-8-18(28)26-20(17)30/h1,6,9,11,13,15,17,31H,2-5,7-8,10H2,(H2,23,29)(H2,24,25,32)(H,26,28,30). The van der Waals surface area contributed by atoms with Crippen molar-refractivity contribution in [1.29, 1.82) is 0 Å². The smallest absolute Gasteiger partial charge is 0.315 e. The van der Waals surface area contributed by atoms with E-state index in [1.165, 1.54) is 4.57 Å². The number of amides is 5. The number of rotatable bonds is 5. The minimum absolute atomic E-state index is 0.0209. The van der Waals surface area contributed by atoms with Crippen LogP contribution < -0.4 is 21.7 Å². The van der Waals surface area contributed by atoms with Gasteiger partial charge < -0.3 is 26.0 Å².